The van der Waals surface area contributed by atoms with E-state index in [-0.39, 0.29) is 6.61 Å². The van der Waals surface area contributed by atoms with E-state index < -0.39 is 0 Å². The van der Waals surface area contributed by atoms with Crippen molar-refractivity contribution in [2.24, 2.45) is 11.8 Å². The summed E-state index contributed by atoms with van der Waals surface area (Å²) in [4.78, 5) is 0. The van der Waals surface area contributed by atoms with Crippen LogP contribution in [0.3, 0.4) is 0 Å². The lowest BCUT2D eigenvalue weighted by Crippen LogP contribution is -2.06. The third kappa shape index (κ3) is 5.09. The standard InChI is InChI=1S/C16H26O2/c1-12(2)9-14-5-6-15(10-13(3)4)16(11-14)18-8-7-17/h5-6,11-13,17H,7-10H2,1-4H3. The summed E-state index contributed by atoms with van der Waals surface area (Å²) in [6, 6.07) is 6.50. The Morgan fingerprint density at radius 1 is 1.06 bits per heavy atom. The summed E-state index contributed by atoms with van der Waals surface area (Å²) in [6.45, 7) is 9.29. The van der Waals surface area contributed by atoms with Crippen LogP contribution in [0.5, 0.6) is 5.75 Å². The molecule has 0 atom stereocenters. The Labute approximate surface area is 111 Å². The highest BCUT2D eigenvalue weighted by atomic mass is 16.5. The van der Waals surface area contributed by atoms with Crippen LogP contribution in [0.25, 0.3) is 0 Å². The maximum Gasteiger partial charge on any atom is 0.122 e. The minimum atomic E-state index is 0.0650. The van der Waals surface area contributed by atoms with Crippen LogP contribution in [0.2, 0.25) is 0 Å². The summed E-state index contributed by atoms with van der Waals surface area (Å²) in [7, 11) is 0. The highest BCUT2D eigenvalue weighted by molar-refractivity contribution is 5.38. The van der Waals surface area contributed by atoms with Crippen LogP contribution in [0, 0.1) is 11.8 Å². The monoisotopic (exact) mass is 250 g/mol. The maximum absolute atomic E-state index is 8.89. The molecule has 2 nitrogen and oxygen atoms in total. The minimum absolute atomic E-state index is 0.0650. The van der Waals surface area contributed by atoms with Crippen LogP contribution in [0.15, 0.2) is 18.2 Å². The summed E-state index contributed by atoms with van der Waals surface area (Å²) in [5.41, 5.74) is 2.55. The van der Waals surface area contributed by atoms with Crippen molar-refractivity contribution >= 4 is 0 Å². The van der Waals surface area contributed by atoms with Gasteiger partial charge in [0.1, 0.15) is 12.4 Å². The lowest BCUT2D eigenvalue weighted by molar-refractivity contribution is 0.200. The van der Waals surface area contributed by atoms with Gasteiger partial charge in [-0.1, -0.05) is 39.8 Å². The predicted molar refractivity (Wildman–Crippen MR) is 76.1 cm³/mol. The van der Waals surface area contributed by atoms with Crippen molar-refractivity contribution in [3.63, 3.8) is 0 Å². The van der Waals surface area contributed by atoms with E-state index in [2.05, 4.69) is 45.9 Å². The highest BCUT2D eigenvalue weighted by Gasteiger charge is 2.08. The largest absolute Gasteiger partial charge is 0.491 e. The average Bonchev–Trinajstić information content (AvgIpc) is 2.27. The van der Waals surface area contributed by atoms with E-state index in [1.54, 1.807) is 0 Å². The number of ether oxygens (including phenoxy) is 1. The Bertz CT molecular complexity index is 356. The first-order valence-electron chi connectivity index (χ1n) is 6.88. The molecule has 0 saturated carbocycles. The van der Waals surface area contributed by atoms with E-state index in [0.717, 1.165) is 18.6 Å². The molecular formula is C16H26O2. The summed E-state index contributed by atoms with van der Waals surface area (Å²) >= 11 is 0. The minimum Gasteiger partial charge on any atom is -0.491 e. The van der Waals surface area contributed by atoms with E-state index >= 15 is 0 Å². The van der Waals surface area contributed by atoms with Gasteiger partial charge in [-0.2, -0.15) is 0 Å². The fourth-order valence-electron chi connectivity index (χ4n) is 2.10. The molecule has 0 unspecified atom stereocenters. The summed E-state index contributed by atoms with van der Waals surface area (Å²) in [5.74, 6) is 2.19. The first-order chi connectivity index (χ1) is 8.52. The zero-order valence-corrected chi connectivity index (χ0v) is 12.1. The third-order valence-corrected chi connectivity index (χ3v) is 2.75. The van der Waals surface area contributed by atoms with Gasteiger partial charge in [0.2, 0.25) is 0 Å². The second-order valence-electron chi connectivity index (χ2n) is 5.71. The molecular weight excluding hydrogens is 224 g/mol. The third-order valence-electron chi connectivity index (χ3n) is 2.75. The molecule has 0 heterocycles. The fourth-order valence-corrected chi connectivity index (χ4v) is 2.10. The molecule has 0 aromatic heterocycles. The second kappa shape index (κ2) is 7.42. The van der Waals surface area contributed by atoms with Crippen molar-refractivity contribution in [1.82, 2.24) is 0 Å². The maximum atomic E-state index is 8.89. The molecule has 0 radical (unpaired) electrons. The van der Waals surface area contributed by atoms with Crippen LogP contribution in [0.1, 0.15) is 38.8 Å². The average molecular weight is 250 g/mol. The quantitative estimate of drug-likeness (QED) is 0.803. The molecule has 0 amide bonds. The van der Waals surface area contributed by atoms with E-state index in [0.29, 0.717) is 18.4 Å². The smallest absolute Gasteiger partial charge is 0.122 e. The van der Waals surface area contributed by atoms with Crippen LogP contribution in [0.4, 0.5) is 0 Å². The van der Waals surface area contributed by atoms with Gasteiger partial charge in [-0.05, 0) is 41.9 Å². The number of aliphatic hydroxyl groups is 1. The summed E-state index contributed by atoms with van der Waals surface area (Å²) < 4.78 is 5.66. The van der Waals surface area contributed by atoms with Gasteiger partial charge >= 0.3 is 0 Å². The van der Waals surface area contributed by atoms with Gasteiger partial charge in [0.25, 0.3) is 0 Å². The highest BCUT2D eigenvalue weighted by Crippen LogP contribution is 2.24. The molecule has 1 aromatic carbocycles. The SMILES string of the molecule is CC(C)Cc1ccc(CC(C)C)c(OCCO)c1. The summed E-state index contributed by atoms with van der Waals surface area (Å²) in [5, 5.41) is 8.89. The Morgan fingerprint density at radius 2 is 1.72 bits per heavy atom. The van der Waals surface area contributed by atoms with Crippen LogP contribution in [-0.4, -0.2) is 18.3 Å². The van der Waals surface area contributed by atoms with Crippen LogP contribution >= 0.6 is 0 Å². The van der Waals surface area contributed by atoms with Gasteiger partial charge < -0.3 is 9.84 Å². The number of aliphatic hydroxyl groups excluding tert-OH is 1. The topological polar surface area (TPSA) is 29.5 Å². The van der Waals surface area contributed by atoms with E-state index in [4.69, 9.17) is 9.84 Å². The Morgan fingerprint density at radius 3 is 2.28 bits per heavy atom. The number of rotatable bonds is 7. The molecule has 0 fully saturated rings. The van der Waals surface area contributed by atoms with E-state index in [1.807, 2.05) is 0 Å². The van der Waals surface area contributed by atoms with Gasteiger partial charge in [0.05, 0.1) is 6.61 Å². The molecule has 0 saturated heterocycles. The van der Waals surface area contributed by atoms with Gasteiger partial charge in [-0.25, -0.2) is 0 Å². The molecule has 0 aliphatic rings. The normalized spacial score (nSPS) is 11.3. The molecule has 18 heavy (non-hydrogen) atoms. The molecule has 0 spiro atoms. The molecule has 0 bridgehead atoms. The van der Waals surface area contributed by atoms with Crippen LogP contribution in [-0.2, 0) is 12.8 Å². The van der Waals surface area contributed by atoms with Gasteiger partial charge in [0, 0.05) is 0 Å². The van der Waals surface area contributed by atoms with Crippen molar-refractivity contribution in [2.45, 2.75) is 40.5 Å². The zero-order valence-electron chi connectivity index (χ0n) is 12.1. The Kier molecular flexibility index (Phi) is 6.20. The van der Waals surface area contributed by atoms with Crippen molar-refractivity contribution in [3.8, 4) is 5.75 Å². The second-order valence-corrected chi connectivity index (χ2v) is 5.71. The van der Waals surface area contributed by atoms with Crippen molar-refractivity contribution < 1.29 is 9.84 Å². The molecule has 1 aromatic rings. The number of benzene rings is 1. The van der Waals surface area contributed by atoms with E-state index in [9.17, 15) is 0 Å². The lowest BCUT2D eigenvalue weighted by Gasteiger charge is -2.15. The van der Waals surface area contributed by atoms with Crippen molar-refractivity contribution in [1.29, 1.82) is 0 Å². The van der Waals surface area contributed by atoms with Gasteiger partial charge in [-0.15, -0.1) is 0 Å². The molecule has 0 aliphatic heterocycles. The first-order valence-corrected chi connectivity index (χ1v) is 6.88. The molecule has 1 N–H and O–H groups in total. The Balaban J connectivity index is 2.88. The zero-order chi connectivity index (χ0) is 13.5. The number of hydrogen-bond donors (Lipinski definition) is 1. The van der Waals surface area contributed by atoms with Crippen molar-refractivity contribution in [3.05, 3.63) is 29.3 Å². The van der Waals surface area contributed by atoms with Gasteiger partial charge in [0.15, 0.2) is 0 Å². The lowest BCUT2D eigenvalue weighted by atomic mass is 9.97. The molecule has 102 valence electrons. The number of hydrogen-bond acceptors (Lipinski definition) is 2. The first kappa shape index (κ1) is 15.0. The molecule has 1 rings (SSSR count). The van der Waals surface area contributed by atoms with Crippen LogP contribution < -0.4 is 4.74 Å². The Hall–Kier alpha value is -1.02. The van der Waals surface area contributed by atoms with E-state index in [1.165, 1.54) is 11.1 Å². The molecule has 0 aliphatic carbocycles. The predicted octanol–water partition coefficient (Wildman–Crippen LogP) is 3.45. The summed E-state index contributed by atoms with van der Waals surface area (Å²) in [6.07, 6.45) is 2.08. The fraction of sp³-hybridized carbons (Fsp3) is 0.625. The molecule has 2 heteroatoms. The van der Waals surface area contributed by atoms with Gasteiger partial charge in [-0.3, -0.25) is 0 Å². The van der Waals surface area contributed by atoms with Crippen molar-refractivity contribution in [2.75, 3.05) is 13.2 Å².